The van der Waals surface area contributed by atoms with Gasteiger partial charge in [-0.3, -0.25) is 0 Å². The molecule has 0 nitrogen and oxygen atoms in total. The highest BCUT2D eigenvalue weighted by molar-refractivity contribution is 5.42. The van der Waals surface area contributed by atoms with Crippen molar-refractivity contribution in [1.29, 1.82) is 0 Å². The molecular weight excluding hydrogens is 247 g/mol. The Morgan fingerprint density at radius 1 is 1.05 bits per heavy atom. The Kier molecular flexibility index (Phi) is 3.60. The molecule has 1 aliphatic rings. The first-order valence-electron chi connectivity index (χ1n) is 7.48. The third-order valence-corrected chi connectivity index (χ3v) is 4.27. The topological polar surface area (TPSA) is 0 Å². The van der Waals surface area contributed by atoms with Gasteiger partial charge in [0.2, 0.25) is 0 Å². The number of hydrogen-bond donors (Lipinski definition) is 0. The molecule has 0 radical (unpaired) electrons. The zero-order chi connectivity index (χ0) is 14.1. The van der Waals surface area contributed by atoms with E-state index in [9.17, 15) is 4.39 Å². The SMILES string of the molecule is CC(C)C[C@H]1Cc2cc(F)ccc2Cc2ccccc21. The first-order chi connectivity index (χ1) is 9.63. The first kappa shape index (κ1) is 13.4. The second-order valence-electron chi connectivity index (χ2n) is 6.32. The van der Waals surface area contributed by atoms with Crippen LogP contribution in [0.4, 0.5) is 4.39 Å². The predicted octanol–water partition coefficient (Wildman–Crippen LogP) is 5.10. The van der Waals surface area contributed by atoms with E-state index >= 15 is 0 Å². The molecule has 2 aromatic carbocycles. The standard InChI is InChI=1S/C19H21F/c1-13(2)9-17-11-16-12-18(20)8-7-14(16)10-15-5-3-4-6-19(15)17/h3-8,12-13,17H,9-11H2,1-2H3/t17-/m0/s1. The molecule has 0 saturated carbocycles. The lowest BCUT2D eigenvalue weighted by Crippen LogP contribution is -2.07. The molecular formula is C19H21F. The Labute approximate surface area is 120 Å². The van der Waals surface area contributed by atoms with E-state index in [-0.39, 0.29) is 5.82 Å². The van der Waals surface area contributed by atoms with Crippen molar-refractivity contribution < 1.29 is 4.39 Å². The minimum Gasteiger partial charge on any atom is -0.207 e. The highest BCUT2D eigenvalue weighted by atomic mass is 19.1. The van der Waals surface area contributed by atoms with Crippen LogP contribution in [0.15, 0.2) is 42.5 Å². The van der Waals surface area contributed by atoms with Crippen LogP contribution in [-0.2, 0) is 12.8 Å². The minimum atomic E-state index is -0.113. The summed E-state index contributed by atoms with van der Waals surface area (Å²) in [6.45, 7) is 4.53. The number of halogens is 1. The van der Waals surface area contributed by atoms with Crippen molar-refractivity contribution in [1.82, 2.24) is 0 Å². The Balaban J connectivity index is 2.07. The van der Waals surface area contributed by atoms with Crippen molar-refractivity contribution in [3.05, 3.63) is 70.5 Å². The quantitative estimate of drug-likeness (QED) is 0.710. The maximum atomic E-state index is 13.5. The summed E-state index contributed by atoms with van der Waals surface area (Å²) in [6, 6.07) is 14.0. The monoisotopic (exact) mass is 268 g/mol. The lowest BCUT2D eigenvalue weighted by molar-refractivity contribution is 0.496. The van der Waals surface area contributed by atoms with Gasteiger partial charge in [0.05, 0.1) is 0 Å². The summed E-state index contributed by atoms with van der Waals surface area (Å²) >= 11 is 0. The van der Waals surface area contributed by atoms with Gasteiger partial charge in [-0.2, -0.15) is 0 Å². The fraction of sp³-hybridized carbons (Fsp3) is 0.368. The van der Waals surface area contributed by atoms with E-state index in [1.54, 1.807) is 12.1 Å². The average Bonchev–Trinajstić information content (AvgIpc) is 2.55. The van der Waals surface area contributed by atoms with E-state index in [0.717, 1.165) is 19.3 Å². The number of fused-ring (bicyclic) bond motifs is 2. The van der Waals surface area contributed by atoms with Gasteiger partial charge in [0.1, 0.15) is 5.82 Å². The van der Waals surface area contributed by atoms with Gasteiger partial charge in [-0.15, -0.1) is 0 Å². The Morgan fingerprint density at radius 2 is 1.85 bits per heavy atom. The lowest BCUT2D eigenvalue weighted by Gasteiger charge is -2.20. The van der Waals surface area contributed by atoms with Crippen LogP contribution < -0.4 is 0 Å². The summed E-state index contributed by atoms with van der Waals surface area (Å²) in [7, 11) is 0. The molecule has 20 heavy (non-hydrogen) atoms. The van der Waals surface area contributed by atoms with Crippen molar-refractivity contribution >= 4 is 0 Å². The van der Waals surface area contributed by atoms with Crippen molar-refractivity contribution in [2.45, 2.75) is 39.0 Å². The van der Waals surface area contributed by atoms with Crippen LogP contribution in [0.25, 0.3) is 0 Å². The predicted molar refractivity (Wildman–Crippen MR) is 81.5 cm³/mol. The molecule has 0 aliphatic heterocycles. The van der Waals surface area contributed by atoms with Crippen LogP contribution in [-0.4, -0.2) is 0 Å². The molecule has 1 aliphatic carbocycles. The van der Waals surface area contributed by atoms with E-state index in [1.807, 2.05) is 6.07 Å². The molecule has 2 aromatic rings. The van der Waals surface area contributed by atoms with E-state index in [1.165, 1.54) is 22.3 Å². The molecule has 0 unspecified atom stereocenters. The van der Waals surface area contributed by atoms with Gasteiger partial charge < -0.3 is 0 Å². The fourth-order valence-corrected chi connectivity index (χ4v) is 3.41. The van der Waals surface area contributed by atoms with Gasteiger partial charge in [-0.25, -0.2) is 4.39 Å². The van der Waals surface area contributed by atoms with Gasteiger partial charge in [-0.1, -0.05) is 44.2 Å². The minimum absolute atomic E-state index is 0.113. The molecule has 0 bridgehead atoms. The smallest absolute Gasteiger partial charge is 0.123 e. The maximum Gasteiger partial charge on any atom is 0.123 e. The van der Waals surface area contributed by atoms with Crippen molar-refractivity contribution in [3.63, 3.8) is 0 Å². The Morgan fingerprint density at radius 3 is 2.65 bits per heavy atom. The van der Waals surface area contributed by atoms with Crippen LogP contribution >= 0.6 is 0 Å². The van der Waals surface area contributed by atoms with Crippen molar-refractivity contribution in [2.24, 2.45) is 5.92 Å². The number of hydrogen-bond acceptors (Lipinski definition) is 0. The fourth-order valence-electron chi connectivity index (χ4n) is 3.41. The van der Waals surface area contributed by atoms with Crippen molar-refractivity contribution in [3.8, 4) is 0 Å². The molecule has 0 amide bonds. The lowest BCUT2D eigenvalue weighted by atomic mass is 9.85. The second-order valence-corrected chi connectivity index (χ2v) is 6.32. The highest BCUT2D eigenvalue weighted by Gasteiger charge is 2.22. The van der Waals surface area contributed by atoms with Gasteiger partial charge in [0.15, 0.2) is 0 Å². The summed E-state index contributed by atoms with van der Waals surface area (Å²) in [5.41, 5.74) is 5.33. The molecule has 0 saturated heterocycles. The van der Waals surface area contributed by atoms with Crippen LogP contribution in [0.5, 0.6) is 0 Å². The number of benzene rings is 2. The van der Waals surface area contributed by atoms with Gasteiger partial charge in [-0.05, 0) is 65.5 Å². The molecule has 0 spiro atoms. The van der Waals surface area contributed by atoms with Crippen molar-refractivity contribution in [2.75, 3.05) is 0 Å². The van der Waals surface area contributed by atoms with Crippen LogP contribution in [0.3, 0.4) is 0 Å². The molecule has 3 rings (SSSR count). The van der Waals surface area contributed by atoms with Gasteiger partial charge in [0.25, 0.3) is 0 Å². The van der Waals surface area contributed by atoms with Crippen LogP contribution in [0.1, 0.15) is 48.4 Å². The molecule has 0 heterocycles. The van der Waals surface area contributed by atoms with E-state index in [2.05, 4.69) is 38.1 Å². The second kappa shape index (κ2) is 5.40. The highest BCUT2D eigenvalue weighted by Crippen LogP contribution is 2.35. The zero-order valence-corrected chi connectivity index (χ0v) is 12.2. The third kappa shape index (κ3) is 2.63. The summed E-state index contributed by atoms with van der Waals surface area (Å²) in [4.78, 5) is 0. The summed E-state index contributed by atoms with van der Waals surface area (Å²) < 4.78 is 13.5. The molecule has 0 N–H and O–H groups in total. The van der Waals surface area contributed by atoms with Crippen LogP contribution in [0, 0.1) is 11.7 Å². The van der Waals surface area contributed by atoms with Gasteiger partial charge in [0, 0.05) is 0 Å². The largest absolute Gasteiger partial charge is 0.207 e. The molecule has 104 valence electrons. The van der Waals surface area contributed by atoms with E-state index in [0.29, 0.717) is 11.8 Å². The van der Waals surface area contributed by atoms with E-state index in [4.69, 9.17) is 0 Å². The van der Waals surface area contributed by atoms with Crippen LogP contribution in [0.2, 0.25) is 0 Å². The Bertz CT molecular complexity index is 613. The van der Waals surface area contributed by atoms with E-state index < -0.39 is 0 Å². The molecule has 1 heteroatoms. The van der Waals surface area contributed by atoms with Gasteiger partial charge >= 0.3 is 0 Å². The zero-order valence-electron chi connectivity index (χ0n) is 12.2. The third-order valence-electron chi connectivity index (χ3n) is 4.27. The normalized spacial score (nSPS) is 17.5. The molecule has 1 atom stereocenters. The molecule has 0 aromatic heterocycles. The Hall–Kier alpha value is -1.63. The molecule has 0 fully saturated rings. The first-order valence-corrected chi connectivity index (χ1v) is 7.48. The average molecular weight is 268 g/mol. The summed E-state index contributed by atoms with van der Waals surface area (Å²) in [6.07, 6.45) is 3.05. The maximum absolute atomic E-state index is 13.5. The summed E-state index contributed by atoms with van der Waals surface area (Å²) in [5.74, 6) is 1.05. The number of rotatable bonds is 2. The summed E-state index contributed by atoms with van der Waals surface area (Å²) in [5, 5.41) is 0.